The molecule has 3 nitrogen and oxygen atoms in total. The van der Waals surface area contributed by atoms with Gasteiger partial charge in [0, 0.05) is 18.8 Å². The lowest BCUT2D eigenvalue weighted by Gasteiger charge is -2.61. The largest absolute Gasteiger partial charge is 0.393 e. The van der Waals surface area contributed by atoms with E-state index in [0.717, 1.165) is 38.5 Å². The summed E-state index contributed by atoms with van der Waals surface area (Å²) in [6.45, 7) is 8.63. The maximum absolute atomic E-state index is 12.4. The summed E-state index contributed by atoms with van der Waals surface area (Å²) < 4.78 is 0. The monoisotopic (exact) mass is 346 g/mol. The molecule has 0 aromatic carbocycles. The van der Waals surface area contributed by atoms with Crippen molar-refractivity contribution in [3.63, 3.8) is 0 Å². The minimum Gasteiger partial charge on any atom is -0.393 e. The summed E-state index contributed by atoms with van der Waals surface area (Å²) in [4.78, 5) is 24.4. The summed E-state index contributed by atoms with van der Waals surface area (Å²) in [6, 6.07) is 0. The second kappa shape index (κ2) is 5.65. The molecule has 0 bridgehead atoms. The number of carbonyl (C=O) groups excluding carboxylic acids is 2. The van der Waals surface area contributed by atoms with E-state index in [9.17, 15) is 14.7 Å². The van der Waals surface area contributed by atoms with Crippen LogP contribution in [0.5, 0.6) is 0 Å². The second-order valence-electron chi connectivity index (χ2n) is 10.4. The number of hydrogen-bond acceptors (Lipinski definition) is 3. The summed E-state index contributed by atoms with van der Waals surface area (Å²) in [7, 11) is 0. The molecule has 0 radical (unpaired) electrons. The Bertz CT molecular complexity index is 598. The third-order valence-electron chi connectivity index (χ3n) is 9.19. The zero-order chi connectivity index (χ0) is 18.1. The average Bonchev–Trinajstić information content (AvgIpc) is 2.77. The summed E-state index contributed by atoms with van der Waals surface area (Å²) in [6.07, 6.45) is 6.20. The van der Waals surface area contributed by atoms with E-state index in [1.807, 2.05) is 0 Å². The molecule has 4 fully saturated rings. The van der Waals surface area contributed by atoms with Gasteiger partial charge in [0.2, 0.25) is 0 Å². The zero-order valence-corrected chi connectivity index (χ0v) is 16.3. The number of aliphatic hydroxyl groups is 1. The molecule has 1 N–H and O–H groups in total. The first-order valence-electron chi connectivity index (χ1n) is 10.4. The Morgan fingerprint density at radius 2 is 1.92 bits per heavy atom. The molecule has 25 heavy (non-hydrogen) atoms. The number of rotatable bonds is 1. The minimum atomic E-state index is -0.320. The lowest BCUT2D eigenvalue weighted by Crippen LogP contribution is -2.59. The van der Waals surface area contributed by atoms with Gasteiger partial charge in [-0.05, 0) is 79.4 Å². The van der Waals surface area contributed by atoms with Crippen LogP contribution in [0.25, 0.3) is 0 Å². The minimum absolute atomic E-state index is 0.0421. The van der Waals surface area contributed by atoms with Crippen LogP contribution in [0, 0.1) is 46.3 Å². The van der Waals surface area contributed by atoms with E-state index in [2.05, 4.69) is 20.8 Å². The van der Waals surface area contributed by atoms with Crippen LogP contribution in [0.4, 0.5) is 0 Å². The second-order valence-corrected chi connectivity index (χ2v) is 10.4. The van der Waals surface area contributed by atoms with Gasteiger partial charge in [0.15, 0.2) is 0 Å². The maximum Gasteiger partial charge on any atom is 0.133 e. The van der Waals surface area contributed by atoms with Gasteiger partial charge >= 0.3 is 0 Å². The Hall–Kier alpha value is -0.700. The molecular formula is C22H34O3. The first-order chi connectivity index (χ1) is 11.7. The van der Waals surface area contributed by atoms with Gasteiger partial charge in [0.1, 0.15) is 11.6 Å². The SMILES string of the molecule is CC(=O)[C@H]1[C@H](C)CC2[C@@H]3CCC4CC(=O)CC[C@]4(C)C3C(O)C[C@@]21C. The molecule has 0 aromatic rings. The van der Waals surface area contributed by atoms with Crippen molar-refractivity contribution in [2.75, 3.05) is 0 Å². The summed E-state index contributed by atoms with van der Waals surface area (Å²) in [5.41, 5.74) is 0.0641. The Kier molecular flexibility index (Phi) is 4.00. The van der Waals surface area contributed by atoms with Crippen LogP contribution in [0.15, 0.2) is 0 Å². The van der Waals surface area contributed by atoms with Gasteiger partial charge in [-0.25, -0.2) is 0 Å². The zero-order valence-electron chi connectivity index (χ0n) is 16.3. The van der Waals surface area contributed by atoms with Crippen LogP contribution in [0.2, 0.25) is 0 Å². The van der Waals surface area contributed by atoms with Gasteiger partial charge in [0.25, 0.3) is 0 Å². The number of ketones is 2. The normalized spacial score (nSPS) is 55.2. The van der Waals surface area contributed by atoms with E-state index in [-0.39, 0.29) is 22.9 Å². The van der Waals surface area contributed by atoms with Crippen LogP contribution < -0.4 is 0 Å². The van der Waals surface area contributed by atoms with E-state index in [4.69, 9.17) is 0 Å². The van der Waals surface area contributed by atoms with Gasteiger partial charge in [-0.1, -0.05) is 20.8 Å². The van der Waals surface area contributed by atoms with Crippen LogP contribution in [-0.2, 0) is 9.59 Å². The van der Waals surface area contributed by atoms with Crippen molar-refractivity contribution in [3.8, 4) is 0 Å². The Labute approximate surface area is 151 Å². The van der Waals surface area contributed by atoms with Crippen molar-refractivity contribution in [1.29, 1.82) is 0 Å². The van der Waals surface area contributed by atoms with Crippen molar-refractivity contribution < 1.29 is 14.7 Å². The third kappa shape index (κ3) is 2.33. The quantitative estimate of drug-likeness (QED) is 0.780. The molecule has 9 atom stereocenters. The highest BCUT2D eigenvalue weighted by Crippen LogP contribution is 2.68. The van der Waals surface area contributed by atoms with E-state index in [1.165, 1.54) is 0 Å². The van der Waals surface area contributed by atoms with Crippen molar-refractivity contribution in [3.05, 3.63) is 0 Å². The van der Waals surface area contributed by atoms with E-state index >= 15 is 0 Å². The first-order valence-corrected chi connectivity index (χ1v) is 10.4. The predicted octanol–water partition coefficient (Wildman–Crippen LogP) is 4.02. The fourth-order valence-electron chi connectivity index (χ4n) is 8.40. The smallest absolute Gasteiger partial charge is 0.133 e. The van der Waals surface area contributed by atoms with Gasteiger partial charge in [0.05, 0.1) is 6.10 Å². The van der Waals surface area contributed by atoms with Crippen molar-refractivity contribution in [1.82, 2.24) is 0 Å². The molecule has 0 spiro atoms. The number of aliphatic hydroxyl groups excluding tert-OH is 1. The highest BCUT2D eigenvalue weighted by atomic mass is 16.3. The standard InChI is InChI=1S/C22H34O3/c1-12-9-17-16-6-5-14-10-15(24)7-8-21(14,3)20(16)18(25)11-22(17,4)19(12)13(2)23/h12,14,16-20,25H,5-11H2,1-4H3/t12-,14?,16+,17?,18?,19-,20?,21+,22+/m1/s1. The van der Waals surface area contributed by atoms with Crippen molar-refractivity contribution in [2.45, 2.75) is 78.7 Å². The number of Topliss-reactive ketones (excluding diaryl/α,β-unsaturated/α-hetero) is 2. The Balaban J connectivity index is 1.70. The molecule has 4 aliphatic rings. The van der Waals surface area contributed by atoms with Gasteiger partial charge in [-0.2, -0.15) is 0 Å². The van der Waals surface area contributed by atoms with Crippen LogP contribution in [0.3, 0.4) is 0 Å². The predicted molar refractivity (Wildman–Crippen MR) is 96.8 cm³/mol. The lowest BCUT2D eigenvalue weighted by atomic mass is 9.44. The molecule has 4 rings (SSSR count). The highest BCUT2D eigenvalue weighted by Gasteiger charge is 2.64. The molecule has 0 aromatic heterocycles. The maximum atomic E-state index is 12.4. The van der Waals surface area contributed by atoms with Crippen molar-refractivity contribution >= 4 is 11.6 Å². The van der Waals surface area contributed by atoms with E-state index < -0.39 is 0 Å². The molecule has 4 aliphatic carbocycles. The molecular weight excluding hydrogens is 312 g/mol. The molecule has 4 saturated carbocycles. The van der Waals surface area contributed by atoms with Crippen LogP contribution >= 0.6 is 0 Å². The molecule has 0 heterocycles. The van der Waals surface area contributed by atoms with Crippen molar-refractivity contribution in [2.24, 2.45) is 46.3 Å². The summed E-state index contributed by atoms with van der Waals surface area (Å²) >= 11 is 0. The third-order valence-corrected chi connectivity index (χ3v) is 9.19. The van der Waals surface area contributed by atoms with E-state index in [0.29, 0.717) is 47.6 Å². The molecule has 4 unspecified atom stereocenters. The van der Waals surface area contributed by atoms with Gasteiger partial charge < -0.3 is 5.11 Å². The fraction of sp³-hybridized carbons (Fsp3) is 0.909. The number of hydrogen-bond donors (Lipinski definition) is 1. The molecule has 0 amide bonds. The molecule has 0 saturated heterocycles. The number of fused-ring (bicyclic) bond motifs is 5. The summed E-state index contributed by atoms with van der Waals surface area (Å²) in [5, 5.41) is 11.3. The highest BCUT2D eigenvalue weighted by molar-refractivity contribution is 5.80. The van der Waals surface area contributed by atoms with E-state index in [1.54, 1.807) is 6.92 Å². The van der Waals surface area contributed by atoms with Gasteiger partial charge in [-0.15, -0.1) is 0 Å². The molecule has 140 valence electrons. The average molecular weight is 347 g/mol. The lowest BCUT2D eigenvalue weighted by molar-refractivity contribution is -0.174. The van der Waals surface area contributed by atoms with Gasteiger partial charge in [-0.3, -0.25) is 9.59 Å². The molecule has 3 heteroatoms. The molecule has 0 aliphatic heterocycles. The topological polar surface area (TPSA) is 54.4 Å². The Morgan fingerprint density at radius 1 is 1.20 bits per heavy atom. The number of carbonyl (C=O) groups is 2. The van der Waals surface area contributed by atoms with Crippen LogP contribution in [0.1, 0.15) is 72.6 Å². The van der Waals surface area contributed by atoms with Crippen LogP contribution in [-0.4, -0.2) is 22.8 Å². The fourth-order valence-corrected chi connectivity index (χ4v) is 8.40. The first kappa shape index (κ1) is 17.7. The Morgan fingerprint density at radius 3 is 2.60 bits per heavy atom. The summed E-state index contributed by atoms with van der Waals surface area (Å²) in [5.74, 6) is 3.11.